The van der Waals surface area contributed by atoms with Crippen LogP contribution < -0.4 is 5.32 Å². The Morgan fingerprint density at radius 1 is 1.14 bits per heavy atom. The first-order chi connectivity index (χ1) is 9.76. The van der Waals surface area contributed by atoms with Gasteiger partial charge in [-0.05, 0) is 0 Å². The van der Waals surface area contributed by atoms with Crippen molar-refractivity contribution in [3.8, 4) is 0 Å². The molecule has 9 heteroatoms. The Morgan fingerprint density at radius 3 is 2.14 bits per heavy atom. The number of hydrogen-bond acceptors (Lipinski definition) is 8. The molecule has 21 heavy (non-hydrogen) atoms. The van der Waals surface area contributed by atoms with Crippen molar-refractivity contribution in [1.29, 1.82) is 0 Å². The summed E-state index contributed by atoms with van der Waals surface area (Å²) in [5, 5.41) is 21.6. The van der Waals surface area contributed by atoms with E-state index in [1.807, 2.05) is 0 Å². The first-order valence-corrected chi connectivity index (χ1v) is 6.32. The molecule has 3 N–H and O–H groups in total. The molecule has 0 aliphatic carbocycles. The maximum Gasteiger partial charge on any atom is 0.305 e. The van der Waals surface area contributed by atoms with Crippen LogP contribution in [0.15, 0.2) is 0 Å². The van der Waals surface area contributed by atoms with E-state index in [4.69, 9.17) is 14.2 Å². The Hall–Kier alpha value is -1.71. The summed E-state index contributed by atoms with van der Waals surface area (Å²) in [5.74, 6) is -1.88. The topological polar surface area (TPSA) is 131 Å². The van der Waals surface area contributed by atoms with Crippen molar-refractivity contribution >= 4 is 17.8 Å². The molecule has 0 spiro atoms. The lowest BCUT2D eigenvalue weighted by atomic mass is 9.96. The van der Waals surface area contributed by atoms with Gasteiger partial charge in [0.2, 0.25) is 12.2 Å². The van der Waals surface area contributed by atoms with Crippen molar-refractivity contribution in [3.63, 3.8) is 0 Å². The first-order valence-electron chi connectivity index (χ1n) is 6.32. The zero-order valence-electron chi connectivity index (χ0n) is 11.9. The maximum atomic E-state index is 11.3. The smallest absolute Gasteiger partial charge is 0.305 e. The highest BCUT2D eigenvalue weighted by molar-refractivity contribution is 5.73. The normalized spacial score (nSPS) is 32.1. The minimum atomic E-state index is -1.39. The Labute approximate surface area is 121 Å². The van der Waals surface area contributed by atoms with Gasteiger partial charge >= 0.3 is 11.9 Å². The lowest BCUT2D eigenvalue weighted by Crippen LogP contribution is -2.65. The third-order valence-electron chi connectivity index (χ3n) is 2.81. The molecule has 1 aliphatic rings. The highest BCUT2D eigenvalue weighted by Crippen LogP contribution is 2.24. The fourth-order valence-corrected chi connectivity index (χ4v) is 2.05. The van der Waals surface area contributed by atoms with Gasteiger partial charge in [0.05, 0.1) is 6.61 Å². The van der Waals surface area contributed by atoms with E-state index < -0.39 is 55.1 Å². The van der Waals surface area contributed by atoms with E-state index in [-0.39, 0.29) is 0 Å². The van der Waals surface area contributed by atoms with Gasteiger partial charge in [0.15, 0.2) is 6.10 Å². The van der Waals surface area contributed by atoms with Crippen LogP contribution in [0.25, 0.3) is 0 Å². The number of carbonyl (C=O) groups is 3. The molecular weight excluding hydrogens is 286 g/mol. The molecule has 5 atom stereocenters. The van der Waals surface area contributed by atoms with Gasteiger partial charge in [-0.3, -0.25) is 14.4 Å². The molecule has 1 aliphatic heterocycles. The summed E-state index contributed by atoms with van der Waals surface area (Å²) in [6.07, 6.45) is -5.02. The van der Waals surface area contributed by atoms with Crippen LogP contribution >= 0.6 is 0 Å². The monoisotopic (exact) mass is 305 g/mol. The number of aliphatic hydroxyl groups excluding tert-OH is 2. The van der Waals surface area contributed by atoms with Crippen LogP contribution in [0.5, 0.6) is 0 Å². The molecule has 0 aromatic carbocycles. The summed E-state index contributed by atoms with van der Waals surface area (Å²) < 4.78 is 15.1. The van der Waals surface area contributed by atoms with Crippen molar-refractivity contribution in [1.82, 2.24) is 5.32 Å². The van der Waals surface area contributed by atoms with Gasteiger partial charge in [0.25, 0.3) is 0 Å². The van der Waals surface area contributed by atoms with Crippen molar-refractivity contribution in [2.45, 2.75) is 51.4 Å². The number of carbonyl (C=O) groups excluding carboxylic acids is 3. The second-order valence-corrected chi connectivity index (χ2v) is 4.63. The highest BCUT2D eigenvalue weighted by Gasteiger charge is 2.49. The van der Waals surface area contributed by atoms with Gasteiger partial charge in [0, 0.05) is 20.8 Å². The molecule has 120 valence electrons. The zero-order chi connectivity index (χ0) is 16.2. The number of amides is 1. The largest absolute Gasteiger partial charge is 0.457 e. The Bertz CT molecular complexity index is 412. The average molecular weight is 305 g/mol. The Balaban J connectivity index is 3.05. The molecule has 0 bridgehead atoms. The van der Waals surface area contributed by atoms with Crippen LogP contribution in [0.4, 0.5) is 0 Å². The lowest BCUT2D eigenvalue weighted by molar-refractivity contribution is -0.265. The van der Waals surface area contributed by atoms with Crippen LogP contribution in [0.1, 0.15) is 20.8 Å². The van der Waals surface area contributed by atoms with Crippen LogP contribution in [0.3, 0.4) is 0 Å². The Kier molecular flexibility index (Phi) is 6.06. The van der Waals surface area contributed by atoms with E-state index in [0.29, 0.717) is 0 Å². The van der Waals surface area contributed by atoms with Gasteiger partial charge in [-0.2, -0.15) is 0 Å². The molecule has 1 fully saturated rings. The SMILES string of the molecule is CC(=O)NC1C(OC(C)=O)OC(CO)[C@@H](O)[C@H]1OC(C)=O. The quantitative estimate of drug-likeness (QED) is 0.511. The van der Waals surface area contributed by atoms with Crippen LogP contribution in [-0.2, 0) is 28.6 Å². The van der Waals surface area contributed by atoms with Crippen molar-refractivity contribution in [2.24, 2.45) is 0 Å². The number of ether oxygens (including phenoxy) is 3. The molecular formula is C12H19NO8. The minimum Gasteiger partial charge on any atom is -0.457 e. The van der Waals surface area contributed by atoms with E-state index in [1.54, 1.807) is 0 Å². The Morgan fingerprint density at radius 2 is 1.71 bits per heavy atom. The summed E-state index contributed by atoms with van der Waals surface area (Å²) in [5.41, 5.74) is 0. The third-order valence-corrected chi connectivity index (χ3v) is 2.81. The number of aliphatic hydroxyl groups is 2. The molecule has 1 amide bonds. The number of rotatable bonds is 4. The molecule has 0 saturated carbocycles. The van der Waals surface area contributed by atoms with Crippen molar-refractivity contribution in [2.75, 3.05) is 6.61 Å². The summed E-state index contributed by atoms with van der Waals surface area (Å²) in [4.78, 5) is 33.5. The summed E-state index contributed by atoms with van der Waals surface area (Å²) in [6.45, 7) is 2.89. The second kappa shape index (κ2) is 7.34. The molecule has 3 unspecified atom stereocenters. The number of esters is 2. The molecule has 1 saturated heterocycles. The van der Waals surface area contributed by atoms with E-state index in [9.17, 15) is 24.6 Å². The minimum absolute atomic E-state index is 0.493. The molecule has 1 rings (SSSR count). The first kappa shape index (κ1) is 17.3. The summed E-state index contributed by atoms with van der Waals surface area (Å²) >= 11 is 0. The lowest BCUT2D eigenvalue weighted by Gasteiger charge is -2.42. The third kappa shape index (κ3) is 4.66. The standard InChI is InChI=1S/C12H19NO8/c1-5(15)13-9-11(19-6(2)16)10(18)8(4-14)21-12(9)20-7(3)17/h8-12,14,18H,4H2,1-3H3,(H,13,15)/t8?,9?,10-,11+,12?/m1/s1. The molecule has 0 aromatic heterocycles. The highest BCUT2D eigenvalue weighted by atomic mass is 16.7. The van der Waals surface area contributed by atoms with Gasteiger partial charge in [-0.1, -0.05) is 0 Å². The maximum absolute atomic E-state index is 11.3. The van der Waals surface area contributed by atoms with E-state index in [2.05, 4.69) is 5.32 Å². The van der Waals surface area contributed by atoms with Crippen LogP contribution in [0.2, 0.25) is 0 Å². The van der Waals surface area contributed by atoms with Crippen molar-refractivity contribution < 1.29 is 38.8 Å². The number of hydrogen-bond donors (Lipinski definition) is 3. The van der Waals surface area contributed by atoms with Crippen LogP contribution in [0, 0.1) is 0 Å². The van der Waals surface area contributed by atoms with Gasteiger partial charge in [0.1, 0.15) is 18.2 Å². The fourth-order valence-electron chi connectivity index (χ4n) is 2.05. The second-order valence-electron chi connectivity index (χ2n) is 4.63. The number of nitrogens with one attached hydrogen (secondary N) is 1. The predicted molar refractivity (Wildman–Crippen MR) is 66.7 cm³/mol. The summed E-state index contributed by atoms with van der Waals surface area (Å²) in [6, 6.07) is -1.09. The fraction of sp³-hybridized carbons (Fsp3) is 0.750. The van der Waals surface area contributed by atoms with Crippen molar-refractivity contribution in [3.05, 3.63) is 0 Å². The summed E-state index contributed by atoms with van der Waals surface area (Å²) in [7, 11) is 0. The molecule has 0 aromatic rings. The van der Waals surface area contributed by atoms with Crippen LogP contribution in [-0.4, -0.2) is 65.3 Å². The molecule has 1 heterocycles. The predicted octanol–water partition coefficient (Wildman–Crippen LogP) is -1.94. The molecule has 9 nitrogen and oxygen atoms in total. The molecule has 0 radical (unpaired) electrons. The average Bonchev–Trinajstić information content (AvgIpc) is 2.35. The van der Waals surface area contributed by atoms with E-state index in [0.717, 1.165) is 13.8 Å². The van der Waals surface area contributed by atoms with E-state index >= 15 is 0 Å². The van der Waals surface area contributed by atoms with Gasteiger partial charge in [-0.15, -0.1) is 0 Å². The van der Waals surface area contributed by atoms with E-state index in [1.165, 1.54) is 6.92 Å². The van der Waals surface area contributed by atoms with Gasteiger partial charge in [-0.25, -0.2) is 0 Å². The zero-order valence-corrected chi connectivity index (χ0v) is 11.9. The van der Waals surface area contributed by atoms with Gasteiger partial charge < -0.3 is 29.7 Å².